The van der Waals surface area contributed by atoms with Crippen molar-refractivity contribution in [3.8, 4) is 11.3 Å². The highest BCUT2D eigenvalue weighted by atomic mass is 16.7. The smallest absolute Gasteiger partial charge is 0.463 e. The molecule has 18 nitrogen and oxygen atoms in total. The SMILES string of the molecule is CO[C@@H](C)c1ncc(N2CCN(C(=O)OCc3ccccc3)CC2)cc1-c1c(CC2(COC(=O)[C@@H]3CCCN(C(=O)OC(C)(C)C)N3C(=O)OC(C)(C)C)CC2)c2cc(B3OC(C)(C)C(C)(C)O3)ccc2n1CCOC(C)C. The fraction of sp³-hybridized carbons (Fsp3) is 0.610. The third-order valence-electron chi connectivity index (χ3n) is 15.4. The molecule has 0 radical (unpaired) electrons. The van der Waals surface area contributed by atoms with Crippen molar-refractivity contribution >= 4 is 53.4 Å². The number of amides is 3. The topological polar surface area (TPSA) is 173 Å². The molecule has 0 unspecified atom stereocenters. The molecule has 8 rings (SSSR count). The number of pyridine rings is 1. The molecule has 2 aromatic carbocycles. The zero-order valence-corrected chi connectivity index (χ0v) is 48.6. The quantitative estimate of drug-likeness (QED) is 0.0589. The predicted octanol–water partition coefficient (Wildman–Crippen LogP) is 10.0. The molecule has 2 aromatic heterocycles. The number of fused-ring (bicyclic) bond motifs is 1. The highest BCUT2D eigenvalue weighted by molar-refractivity contribution is 6.62. The van der Waals surface area contributed by atoms with Crippen LogP contribution in [0.2, 0.25) is 0 Å². The van der Waals surface area contributed by atoms with Gasteiger partial charge in [-0.15, -0.1) is 0 Å². The van der Waals surface area contributed by atoms with Gasteiger partial charge in [0.1, 0.15) is 17.8 Å². The lowest BCUT2D eigenvalue weighted by Gasteiger charge is -2.42. The molecule has 424 valence electrons. The van der Waals surface area contributed by atoms with Crippen molar-refractivity contribution in [3.63, 3.8) is 0 Å². The summed E-state index contributed by atoms with van der Waals surface area (Å²) in [4.78, 5) is 64.7. The summed E-state index contributed by atoms with van der Waals surface area (Å²) < 4.78 is 51.6. The summed E-state index contributed by atoms with van der Waals surface area (Å²) in [6.45, 7) is 28.1. The summed E-state index contributed by atoms with van der Waals surface area (Å²) in [5.41, 5.74) is 3.85. The molecule has 0 spiro atoms. The lowest BCUT2D eigenvalue weighted by atomic mass is 9.78. The van der Waals surface area contributed by atoms with Crippen molar-refractivity contribution in [2.24, 2.45) is 5.41 Å². The van der Waals surface area contributed by atoms with Gasteiger partial charge in [-0.25, -0.2) is 24.2 Å². The second-order valence-electron chi connectivity index (χ2n) is 24.7. The maximum Gasteiger partial charge on any atom is 0.494 e. The Morgan fingerprint density at radius 3 is 2.08 bits per heavy atom. The summed E-state index contributed by atoms with van der Waals surface area (Å²) in [5.74, 6) is -0.630. The molecule has 5 heterocycles. The van der Waals surface area contributed by atoms with Gasteiger partial charge in [0.15, 0.2) is 6.04 Å². The maximum absolute atomic E-state index is 14.6. The van der Waals surface area contributed by atoms with Crippen molar-refractivity contribution in [3.05, 3.63) is 77.6 Å². The van der Waals surface area contributed by atoms with Crippen LogP contribution in [0, 0.1) is 5.41 Å². The first-order chi connectivity index (χ1) is 36.7. The van der Waals surface area contributed by atoms with Gasteiger partial charge in [-0.2, -0.15) is 5.01 Å². The largest absolute Gasteiger partial charge is 0.494 e. The Morgan fingerprint density at radius 2 is 1.46 bits per heavy atom. The molecular formula is C59H83BN6O12. The minimum Gasteiger partial charge on any atom is -0.463 e. The summed E-state index contributed by atoms with van der Waals surface area (Å²) in [6, 6.07) is 17.1. The number of ether oxygens (including phenoxy) is 6. The highest BCUT2D eigenvalue weighted by Crippen LogP contribution is 2.52. The maximum atomic E-state index is 14.6. The van der Waals surface area contributed by atoms with Gasteiger partial charge in [0, 0.05) is 68.3 Å². The number of anilines is 1. The number of hydrogen-bond donors (Lipinski definition) is 0. The van der Waals surface area contributed by atoms with E-state index in [1.807, 2.05) is 85.0 Å². The van der Waals surface area contributed by atoms with Crippen molar-refractivity contribution in [1.82, 2.24) is 24.5 Å². The Hall–Kier alpha value is -5.89. The summed E-state index contributed by atoms with van der Waals surface area (Å²) in [7, 11) is 1.05. The van der Waals surface area contributed by atoms with E-state index in [0.717, 1.165) is 68.0 Å². The van der Waals surface area contributed by atoms with Gasteiger partial charge in [0.25, 0.3) is 0 Å². The highest BCUT2D eigenvalue weighted by Gasteiger charge is 2.52. The number of rotatable bonds is 16. The fourth-order valence-corrected chi connectivity index (χ4v) is 10.2. The monoisotopic (exact) mass is 1080 g/mol. The number of benzene rings is 2. The lowest BCUT2D eigenvalue weighted by molar-refractivity contribution is -0.163. The summed E-state index contributed by atoms with van der Waals surface area (Å²) in [5, 5.41) is 3.24. The van der Waals surface area contributed by atoms with Crippen LogP contribution in [-0.4, -0.2) is 143 Å². The summed E-state index contributed by atoms with van der Waals surface area (Å²) >= 11 is 0. The number of piperazine rings is 1. The van der Waals surface area contributed by atoms with Gasteiger partial charge >= 0.3 is 31.4 Å². The van der Waals surface area contributed by atoms with Crippen LogP contribution in [0.4, 0.5) is 20.1 Å². The van der Waals surface area contributed by atoms with Gasteiger partial charge in [-0.1, -0.05) is 42.5 Å². The molecule has 3 aliphatic heterocycles. The molecule has 3 amide bonds. The molecule has 3 saturated heterocycles. The Bertz CT molecular complexity index is 2780. The third kappa shape index (κ3) is 13.4. The van der Waals surface area contributed by atoms with Crippen LogP contribution in [0.3, 0.4) is 0 Å². The van der Waals surface area contributed by atoms with Crippen molar-refractivity contribution in [1.29, 1.82) is 0 Å². The van der Waals surface area contributed by atoms with Crippen LogP contribution in [0.1, 0.15) is 139 Å². The average molecular weight is 1080 g/mol. The number of aromatic nitrogens is 2. The van der Waals surface area contributed by atoms with Crippen LogP contribution >= 0.6 is 0 Å². The molecule has 0 N–H and O–H groups in total. The summed E-state index contributed by atoms with van der Waals surface area (Å²) in [6.07, 6.45) is 2.27. The van der Waals surface area contributed by atoms with Gasteiger partial charge in [0.05, 0.1) is 59.9 Å². The number of esters is 1. The van der Waals surface area contributed by atoms with E-state index in [2.05, 4.69) is 33.7 Å². The normalized spacial score (nSPS) is 19.5. The van der Waals surface area contributed by atoms with E-state index < -0.39 is 65.2 Å². The fourth-order valence-electron chi connectivity index (χ4n) is 10.2. The van der Waals surface area contributed by atoms with Crippen molar-refractivity contribution < 1.29 is 56.9 Å². The van der Waals surface area contributed by atoms with E-state index >= 15 is 0 Å². The molecule has 4 aliphatic rings. The zero-order chi connectivity index (χ0) is 56.5. The second kappa shape index (κ2) is 23.1. The van der Waals surface area contributed by atoms with Crippen molar-refractivity contribution in [2.75, 3.05) is 57.9 Å². The Labute approximate surface area is 461 Å². The molecule has 4 fully saturated rings. The number of methoxy groups -OCH3 is 1. The van der Waals surface area contributed by atoms with Crippen LogP contribution in [0.15, 0.2) is 60.8 Å². The second-order valence-corrected chi connectivity index (χ2v) is 24.7. The molecule has 1 saturated carbocycles. The predicted molar refractivity (Wildman–Crippen MR) is 298 cm³/mol. The van der Waals surface area contributed by atoms with Crippen LogP contribution < -0.4 is 10.4 Å². The Balaban J connectivity index is 1.17. The number of hydrogen-bond acceptors (Lipinski definition) is 14. The first-order valence-electron chi connectivity index (χ1n) is 27.7. The third-order valence-corrected chi connectivity index (χ3v) is 15.4. The number of hydrazine groups is 1. The molecule has 19 heteroatoms. The first-order valence-corrected chi connectivity index (χ1v) is 27.7. The Morgan fingerprint density at radius 1 is 0.808 bits per heavy atom. The van der Waals surface area contributed by atoms with E-state index in [1.54, 1.807) is 53.6 Å². The van der Waals surface area contributed by atoms with Crippen LogP contribution in [0.25, 0.3) is 22.2 Å². The lowest BCUT2D eigenvalue weighted by Crippen LogP contribution is -2.61. The molecule has 4 aromatic rings. The van der Waals surface area contributed by atoms with E-state index in [-0.39, 0.29) is 38.4 Å². The minimum absolute atomic E-state index is 0.0101. The minimum atomic E-state index is -1.13. The van der Waals surface area contributed by atoms with Gasteiger partial charge in [-0.05, 0) is 151 Å². The zero-order valence-electron chi connectivity index (χ0n) is 48.6. The van der Waals surface area contributed by atoms with E-state index in [4.69, 9.17) is 42.7 Å². The van der Waals surface area contributed by atoms with E-state index in [9.17, 15) is 19.2 Å². The van der Waals surface area contributed by atoms with Gasteiger partial charge < -0.3 is 52.1 Å². The van der Waals surface area contributed by atoms with Gasteiger partial charge in [-0.3, -0.25) is 4.98 Å². The molecule has 2 atom stereocenters. The number of carbonyl (C=O) groups excluding carboxylic acids is 4. The van der Waals surface area contributed by atoms with Crippen molar-refractivity contribution in [2.45, 2.75) is 176 Å². The van der Waals surface area contributed by atoms with Crippen LogP contribution in [0.5, 0.6) is 0 Å². The molecular weight excluding hydrogens is 995 g/mol. The first kappa shape index (κ1) is 58.3. The van der Waals surface area contributed by atoms with E-state index in [0.29, 0.717) is 52.2 Å². The average Bonchev–Trinajstić information content (AvgIpc) is 4.04. The molecule has 78 heavy (non-hydrogen) atoms. The molecule has 1 aliphatic carbocycles. The van der Waals surface area contributed by atoms with E-state index in [1.165, 1.54) is 5.01 Å². The number of nitrogens with zero attached hydrogens (tertiary/aromatic N) is 6. The van der Waals surface area contributed by atoms with Crippen LogP contribution in [-0.2, 0) is 62.1 Å². The number of carbonyl (C=O) groups is 4. The molecule has 0 bridgehead atoms. The van der Waals surface area contributed by atoms with Gasteiger partial charge in [0.2, 0.25) is 0 Å². The standard InChI is InChI=1S/C59H83BN6O12/c1-39(2)72-32-31-64-47-23-22-42(60-77-57(10,11)58(12,13)78-60)33-44(47)46(35-59(24-25-59)38-74-51(67)48-21-18-26-65(53(69)75-55(4,5)6)66(48)54(70)76-56(7,8)9)50(64)45-34-43(36-61-49(45)40(3)71-14)62-27-29-63(30-28-62)52(68)73-37-41-19-16-15-17-20-41/h15-17,19-20,22-23,33-34,36,39-40,48H,18,21,24-32,35,37-38H2,1-14H3/t40-,48-/m0/s1. The Kier molecular flexibility index (Phi) is 17.2.